The van der Waals surface area contributed by atoms with Gasteiger partial charge < -0.3 is 4.98 Å². The molecule has 28 heavy (non-hydrogen) atoms. The predicted molar refractivity (Wildman–Crippen MR) is 110 cm³/mol. The molecule has 1 aromatic heterocycles. The first-order valence-electron chi connectivity index (χ1n) is 8.30. The van der Waals surface area contributed by atoms with Crippen molar-refractivity contribution in [2.75, 3.05) is 4.72 Å². The number of nitrogens with one attached hydrogen (secondary N) is 2. The number of halogens is 1. The number of aromatic amines is 1. The van der Waals surface area contributed by atoms with E-state index in [4.69, 9.17) is 11.6 Å². The fourth-order valence-corrected chi connectivity index (χ4v) is 4.12. The summed E-state index contributed by atoms with van der Waals surface area (Å²) in [6.45, 7) is 0. The molecule has 0 radical (unpaired) electrons. The molecule has 3 aromatic carbocycles. The molecule has 0 aliphatic carbocycles. The molecule has 0 amide bonds. The quantitative estimate of drug-likeness (QED) is 0.530. The Hall–Kier alpha value is -3.16. The van der Waals surface area contributed by atoms with Crippen molar-refractivity contribution in [2.45, 2.75) is 4.90 Å². The van der Waals surface area contributed by atoms with E-state index in [0.29, 0.717) is 16.6 Å². The van der Waals surface area contributed by atoms with Crippen molar-refractivity contribution in [1.82, 2.24) is 9.97 Å². The van der Waals surface area contributed by atoms with E-state index in [1.807, 2.05) is 6.07 Å². The van der Waals surface area contributed by atoms with Gasteiger partial charge in [0, 0.05) is 10.6 Å². The first-order valence-corrected chi connectivity index (χ1v) is 10.2. The van der Waals surface area contributed by atoms with Crippen LogP contribution in [0.5, 0.6) is 0 Å². The van der Waals surface area contributed by atoms with Crippen molar-refractivity contribution < 1.29 is 8.42 Å². The van der Waals surface area contributed by atoms with Gasteiger partial charge in [0.15, 0.2) is 0 Å². The van der Waals surface area contributed by atoms with Crippen LogP contribution >= 0.6 is 11.6 Å². The smallest absolute Gasteiger partial charge is 0.274 e. The lowest BCUT2D eigenvalue weighted by Crippen LogP contribution is -2.14. The summed E-state index contributed by atoms with van der Waals surface area (Å²) >= 11 is 6.17. The molecule has 6 nitrogen and oxygen atoms in total. The first kappa shape index (κ1) is 18.2. The molecule has 8 heteroatoms. The Morgan fingerprint density at radius 2 is 1.64 bits per heavy atom. The number of para-hydroxylation sites is 2. The van der Waals surface area contributed by atoms with Crippen LogP contribution in [0, 0.1) is 0 Å². The van der Waals surface area contributed by atoms with Gasteiger partial charge in [0.25, 0.3) is 15.6 Å². The average molecular weight is 412 g/mol. The third-order valence-corrected chi connectivity index (χ3v) is 5.69. The summed E-state index contributed by atoms with van der Waals surface area (Å²) in [6, 6.07) is 19.7. The van der Waals surface area contributed by atoms with Crippen molar-refractivity contribution in [1.29, 1.82) is 0 Å². The van der Waals surface area contributed by atoms with Gasteiger partial charge in [0.2, 0.25) is 0 Å². The predicted octanol–water partition coefficient (Wildman–Crippen LogP) is 4.04. The fraction of sp³-hybridized carbons (Fsp3) is 0. The zero-order chi connectivity index (χ0) is 19.7. The van der Waals surface area contributed by atoms with E-state index in [-0.39, 0.29) is 21.3 Å². The maximum atomic E-state index is 12.6. The van der Waals surface area contributed by atoms with Gasteiger partial charge in [-0.1, -0.05) is 41.9 Å². The summed E-state index contributed by atoms with van der Waals surface area (Å²) in [5.74, 6) is 0. The number of sulfonamides is 1. The molecule has 0 fully saturated rings. The highest BCUT2D eigenvalue weighted by Crippen LogP contribution is 2.27. The molecule has 0 atom stereocenters. The minimum Gasteiger partial charge on any atom is -0.319 e. The third kappa shape index (κ3) is 3.62. The summed E-state index contributed by atoms with van der Waals surface area (Å²) in [7, 11) is -3.79. The Morgan fingerprint density at radius 3 is 2.43 bits per heavy atom. The number of anilines is 1. The molecule has 140 valence electrons. The lowest BCUT2D eigenvalue weighted by molar-refractivity contribution is 0.601. The van der Waals surface area contributed by atoms with Gasteiger partial charge in [-0.05, 0) is 42.5 Å². The van der Waals surface area contributed by atoms with E-state index in [1.165, 1.54) is 24.3 Å². The van der Waals surface area contributed by atoms with Gasteiger partial charge in [0.1, 0.15) is 5.69 Å². The molecule has 0 unspecified atom stereocenters. The van der Waals surface area contributed by atoms with Crippen molar-refractivity contribution >= 4 is 38.3 Å². The van der Waals surface area contributed by atoms with E-state index in [2.05, 4.69) is 14.7 Å². The number of hydrogen-bond donors (Lipinski definition) is 2. The highest BCUT2D eigenvalue weighted by atomic mass is 35.5. The molecule has 0 spiro atoms. The second-order valence-electron chi connectivity index (χ2n) is 6.08. The Bertz CT molecular complexity index is 1340. The summed E-state index contributed by atoms with van der Waals surface area (Å²) in [6.07, 6.45) is 0. The Morgan fingerprint density at radius 1 is 0.929 bits per heavy atom. The fourth-order valence-electron chi connectivity index (χ4n) is 2.82. The molecule has 0 saturated heterocycles. The number of nitrogens with zero attached hydrogens (tertiary/aromatic N) is 1. The number of hydrogen-bond acceptors (Lipinski definition) is 4. The van der Waals surface area contributed by atoms with E-state index in [0.717, 1.165) is 0 Å². The van der Waals surface area contributed by atoms with Crippen LogP contribution in [0.3, 0.4) is 0 Å². The molecule has 0 aliphatic heterocycles. The number of rotatable bonds is 4. The highest BCUT2D eigenvalue weighted by molar-refractivity contribution is 7.92. The molecule has 0 bridgehead atoms. The van der Waals surface area contributed by atoms with Gasteiger partial charge >= 0.3 is 0 Å². The van der Waals surface area contributed by atoms with Crippen LogP contribution in [0.25, 0.3) is 22.3 Å². The van der Waals surface area contributed by atoms with Crippen molar-refractivity contribution in [3.05, 3.63) is 88.2 Å². The second kappa shape index (κ2) is 7.10. The standard InChI is InChI=1S/C20H14ClN3O3S/c21-14-10-13(19-20(25)23-18-9-5-4-8-17(18)22-19)11-15(12-14)24-28(26,27)16-6-2-1-3-7-16/h1-12,24H,(H,23,25). The van der Waals surface area contributed by atoms with Crippen LogP contribution in [0.1, 0.15) is 0 Å². The van der Waals surface area contributed by atoms with Gasteiger partial charge in [0.05, 0.1) is 21.6 Å². The van der Waals surface area contributed by atoms with E-state index in [1.54, 1.807) is 42.5 Å². The van der Waals surface area contributed by atoms with E-state index < -0.39 is 15.6 Å². The van der Waals surface area contributed by atoms with E-state index >= 15 is 0 Å². The van der Waals surface area contributed by atoms with Gasteiger partial charge in [-0.25, -0.2) is 13.4 Å². The molecular formula is C20H14ClN3O3S. The number of H-pyrrole nitrogens is 1. The van der Waals surface area contributed by atoms with Crippen LogP contribution in [0.15, 0.2) is 82.5 Å². The normalized spacial score (nSPS) is 11.5. The molecule has 0 saturated carbocycles. The van der Waals surface area contributed by atoms with Crippen LogP contribution < -0.4 is 10.3 Å². The third-order valence-electron chi connectivity index (χ3n) is 4.08. The first-order chi connectivity index (χ1) is 13.4. The van der Waals surface area contributed by atoms with Crippen LogP contribution in [0.2, 0.25) is 5.02 Å². The molecular weight excluding hydrogens is 398 g/mol. The Balaban J connectivity index is 1.78. The van der Waals surface area contributed by atoms with Gasteiger partial charge in [-0.2, -0.15) is 0 Å². The van der Waals surface area contributed by atoms with Crippen LogP contribution in [-0.2, 0) is 10.0 Å². The Kier molecular flexibility index (Phi) is 4.62. The zero-order valence-corrected chi connectivity index (χ0v) is 16.0. The van der Waals surface area contributed by atoms with Crippen LogP contribution in [-0.4, -0.2) is 18.4 Å². The average Bonchev–Trinajstić information content (AvgIpc) is 2.67. The van der Waals surface area contributed by atoms with Crippen molar-refractivity contribution in [2.24, 2.45) is 0 Å². The Labute approximate surface area is 165 Å². The number of benzene rings is 3. The summed E-state index contributed by atoms with van der Waals surface area (Å²) in [5, 5.41) is 0.276. The van der Waals surface area contributed by atoms with Crippen molar-refractivity contribution in [3.8, 4) is 11.3 Å². The summed E-state index contributed by atoms with van der Waals surface area (Å²) in [4.78, 5) is 19.8. The monoisotopic (exact) mass is 411 g/mol. The second-order valence-corrected chi connectivity index (χ2v) is 8.20. The maximum absolute atomic E-state index is 12.6. The topological polar surface area (TPSA) is 91.9 Å². The maximum Gasteiger partial charge on any atom is 0.274 e. The zero-order valence-electron chi connectivity index (χ0n) is 14.4. The van der Waals surface area contributed by atoms with Crippen molar-refractivity contribution in [3.63, 3.8) is 0 Å². The minimum atomic E-state index is -3.79. The van der Waals surface area contributed by atoms with Gasteiger partial charge in [-0.15, -0.1) is 0 Å². The lowest BCUT2D eigenvalue weighted by Gasteiger charge is -2.10. The summed E-state index contributed by atoms with van der Waals surface area (Å²) < 4.78 is 27.6. The minimum absolute atomic E-state index is 0.123. The lowest BCUT2D eigenvalue weighted by atomic mass is 10.1. The van der Waals surface area contributed by atoms with Gasteiger partial charge in [-0.3, -0.25) is 9.52 Å². The summed E-state index contributed by atoms with van der Waals surface area (Å²) in [5.41, 5.74) is 1.64. The number of aromatic nitrogens is 2. The molecule has 2 N–H and O–H groups in total. The largest absolute Gasteiger partial charge is 0.319 e. The molecule has 1 heterocycles. The molecule has 4 aromatic rings. The number of fused-ring (bicyclic) bond motifs is 1. The molecule has 0 aliphatic rings. The SMILES string of the molecule is O=c1[nH]c2ccccc2nc1-c1cc(Cl)cc(NS(=O)(=O)c2ccccc2)c1. The van der Waals surface area contributed by atoms with E-state index in [9.17, 15) is 13.2 Å². The molecule has 4 rings (SSSR count). The highest BCUT2D eigenvalue weighted by Gasteiger charge is 2.16. The van der Waals surface area contributed by atoms with Crippen LogP contribution in [0.4, 0.5) is 5.69 Å².